The quantitative estimate of drug-likeness (QED) is 0.899. The fourth-order valence-electron chi connectivity index (χ4n) is 3.16. The number of aromatic nitrogens is 2. The van der Waals surface area contributed by atoms with Crippen LogP contribution in [0, 0.1) is 19.8 Å². The predicted octanol–water partition coefficient (Wildman–Crippen LogP) is 1.41. The Morgan fingerprint density at radius 1 is 1.35 bits per heavy atom. The molecule has 3 unspecified atom stereocenters. The molecule has 4 rings (SSSR count). The van der Waals surface area contributed by atoms with E-state index in [2.05, 4.69) is 15.6 Å². The van der Waals surface area contributed by atoms with Crippen LogP contribution < -0.4 is 10.6 Å². The molecule has 0 spiro atoms. The molecule has 2 fully saturated rings. The molecule has 1 saturated heterocycles. The number of amides is 1. The zero-order valence-corrected chi connectivity index (χ0v) is 13.2. The van der Waals surface area contributed by atoms with E-state index in [1.54, 1.807) is 0 Å². The molecule has 23 heavy (non-hydrogen) atoms. The van der Waals surface area contributed by atoms with Gasteiger partial charge in [0, 0.05) is 29.7 Å². The van der Waals surface area contributed by atoms with Gasteiger partial charge in [-0.05, 0) is 38.1 Å². The number of nitrogens with zero attached hydrogens (tertiary/aromatic N) is 2. The predicted molar refractivity (Wildman–Crippen MR) is 86.7 cm³/mol. The fraction of sp³-hybridized carbons (Fsp3) is 0.412. The van der Waals surface area contributed by atoms with Crippen LogP contribution in [-0.2, 0) is 9.53 Å². The van der Waals surface area contributed by atoms with Gasteiger partial charge in [-0.3, -0.25) is 4.79 Å². The van der Waals surface area contributed by atoms with E-state index in [9.17, 15) is 4.79 Å². The van der Waals surface area contributed by atoms with E-state index in [-0.39, 0.29) is 24.0 Å². The van der Waals surface area contributed by atoms with Crippen LogP contribution in [0.1, 0.15) is 11.4 Å². The Balaban J connectivity index is 1.44. The van der Waals surface area contributed by atoms with Crippen LogP contribution >= 0.6 is 0 Å². The number of aryl methyl sites for hydroxylation is 1. The fourth-order valence-corrected chi connectivity index (χ4v) is 3.16. The molecule has 2 aliphatic rings. The van der Waals surface area contributed by atoms with Crippen LogP contribution in [0.3, 0.4) is 0 Å². The molecule has 1 aliphatic carbocycles. The lowest BCUT2D eigenvalue weighted by atomic mass is 10.2. The van der Waals surface area contributed by atoms with Crippen molar-refractivity contribution in [2.24, 2.45) is 5.92 Å². The summed E-state index contributed by atoms with van der Waals surface area (Å²) >= 11 is 0. The Bertz CT molecular complexity index is 726. The van der Waals surface area contributed by atoms with Crippen molar-refractivity contribution in [1.82, 2.24) is 14.9 Å². The van der Waals surface area contributed by atoms with Gasteiger partial charge in [-0.1, -0.05) is 0 Å². The molecule has 0 bridgehead atoms. The van der Waals surface area contributed by atoms with Gasteiger partial charge in [0.2, 0.25) is 5.91 Å². The third-order valence-corrected chi connectivity index (χ3v) is 4.71. The van der Waals surface area contributed by atoms with Crippen molar-refractivity contribution >= 4 is 11.6 Å². The molecule has 2 aromatic rings. The molecule has 120 valence electrons. The summed E-state index contributed by atoms with van der Waals surface area (Å²) in [6.45, 7) is 5.54. The second-order valence-electron chi connectivity index (χ2n) is 6.16. The van der Waals surface area contributed by atoms with Crippen LogP contribution in [-0.4, -0.2) is 40.8 Å². The van der Waals surface area contributed by atoms with Crippen molar-refractivity contribution in [1.29, 1.82) is 0 Å². The maximum absolute atomic E-state index is 12.3. The SMILES string of the molecule is Cc1ncn(-c2ccc(NC(=O)C3C4NCCOC43)cc2)c1C. The third kappa shape index (κ3) is 2.54. The van der Waals surface area contributed by atoms with Gasteiger partial charge < -0.3 is 19.9 Å². The van der Waals surface area contributed by atoms with Crippen LogP contribution in [0.4, 0.5) is 5.69 Å². The zero-order chi connectivity index (χ0) is 16.0. The Hall–Kier alpha value is -2.18. The van der Waals surface area contributed by atoms with Gasteiger partial charge in [-0.25, -0.2) is 4.98 Å². The monoisotopic (exact) mass is 312 g/mol. The molecule has 6 nitrogen and oxygen atoms in total. The van der Waals surface area contributed by atoms with Gasteiger partial charge in [0.1, 0.15) is 0 Å². The maximum Gasteiger partial charge on any atom is 0.231 e. The Labute approximate surface area is 134 Å². The van der Waals surface area contributed by atoms with E-state index in [0.717, 1.165) is 29.3 Å². The number of hydrogen-bond donors (Lipinski definition) is 2. The summed E-state index contributed by atoms with van der Waals surface area (Å²) in [6.07, 6.45) is 1.86. The van der Waals surface area contributed by atoms with Crippen molar-refractivity contribution in [3.8, 4) is 5.69 Å². The first-order valence-electron chi connectivity index (χ1n) is 7.92. The second-order valence-corrected chi connectivity index (χ2v) is 6.16. The van der Waals surface area contributed by atoms with E-state index in [4.69, 9.17) is 4.74 Å². The molecule has 0 radical (unpaired) electrons. The van der Waals surface area contributed by atoms with Gasteiger partial charge in [0.25, 0.3) is 0 Å². The Morgan fingerprint density at radius 3 is 2.74 bits per heavy atom. The minimum absolute atomic E-state index is 0.0248. The lowest BCUT2D eigenvalue weighted by Gasteiger charge is -2.09. The summed E-state index contributed by atoms with van der Waals surface area (Å²) < 4.78 is 7.62. The first kappa shape index (κ1) is 14.4. The molecule has 2 N–H and O–H groups in total. The highest BCUT2D eigenvalue weighted by Crippen LogP contribution is 2.37. The molecular formula is C17H20N4O2. The van der Waals surface area contributed by atoms with Crippen LogP contribution in [0.5, 0.6) is 0 Å². The molecule has 1 saturated carbocycles. The highest BCUT2D eigenvalue weighted by molar-refractivity contribution is 5.96. The number of carbonyl (C=O) groups excluding carboxylic acids is 1. The molecular weight excluding hydrogens is 292 g/mol. The summed E-state index contributed by atoms with van der Waals surface area (Å²) in [7, 11) is 0. The number of imidazole rings is 1. The van der Waals surface area contributed by atoms with E-state index in [1.165, 1.54) is 0 Å². The van der Waals surface area contributed by atoms with Crippen LogP contribution in [0.2, 0.25) is 0 Å². The third-order valence-electron chi connectivity index (χ3n) is 4.71. The van der Waals surface area contributed by atoms with Crippen molar-refractivity contribution in [2.75, 3.05) is 18.5 Å². The zero-order valence-electron chi connectivity index (χ0n) is 13.2. The second kappa shape index (κ2) is 5.47. The maximum atomic E-state index is 12.3. The number of rotatable bonds is 3. The van der Waals surface area contributed by atoms with Gasteiger partial charge in [0.05, 0.1) is 30.7 Å². The van der Waals surface area contributed by atoms with E-state index in [1.807, 2.05) is 49.0 Å². The summed E-state index contributed by atoms with van der Waals surface area (Å²) in [5.41, 5.74) is 3.97. The number of carbonyl (C=O) groups is 1. The van der Waals surface area contributed by atoms with Crippen molar-refractivity contribution in [2.45, 2.75) is 26.0 Å². The summed E-state index contributed by atoms with van der Waals surface area (Å²) in [5.74, 6) is -0.0486. The lowest BCUT2D eigenvalue weighted by molar-refractivity contribution is -0.118. The number of ether oxygens (including phenoxy) is 1. The number of morpholine rings is 1. The number of nitrogens with one attached hydrogen (secondary N) is 2. The van der Waals surface area contributed by atoms with Crippen LogP contribution in [0.15, 0.2) is 30.6 Å². The van der Waals surface area contributed by atoms with Gasteiger partial charge in [-0.15, -0.1) is 0 Å². The lowest BCUT2D eigenvalue weighted by Crippen LogP contribution is -2.31. The molecule has 1 aliphatic heterocycles. The standard InChI is InChI=1S/C17H20N4O2/c1-10-11(2)21(9-19-10)13-5-3-12(4-6-13)20-17(22)14-15-16(14)23-8-7-18-15/h3-6,9,14-16,18H,7-8H2,1-2H3,(H,20,22). The normalized spacial score (nSPS) is 25.7. The van der Waals surface area contributed by atoms with Gasteiger partial charge >= 0.3 is 0 Å². The minimum atomic E-state index is -0.0734. The number of fused-ring (bicyclic) bond motifs is 1. The first-order chi connectivity index (χ1) is 11.1. The molecule has 1 aromatic carbocycles. The molecule has 1 amide bonds. The number of hydrogen-bond acceptors (Lipinski definition) is 4. The molecule has 6 heteroatoms. The molecule has 2 heterocycles. The highest BCUT2D eigenvalue weighted by Gasteiger charge is 2.57. The van der Waals surface area contributed by atoms with Crippen molar-refractivity contribution in [3.05, 3.63) is 42.0 Å². The molecule has 3 atom stereocenters. The summed E-state index contributed by atoms with van der Waals surface area (Å²) in [6, 6.07) is 7.99. The summed E-state index contributed by atoms with van der Waals surface area (Å²) in [4.78, 5) is 16.6. The number of benzene rings is 1. The van der Waals surface area contributed by atoms with Gasteiger partial charge in [0.15, 0.2) is 0 Å². The Kier molecular flexibility index (Phi) is 3.43. The van der Waals surface area contributed by atoms with Crippen molar-refractivity contribution in [3.63, 3.8) is 0 Å². The van der Waals surface area contributed by atoms with E-state index in [0.29, 0.717) is 6.61 Å². The molecule has 1 aromatic heterocycles. The van der Waals surface area contributed by atoms with E-state index < -0.39 is 0 Å². The van der Waals surface area contributed by atoms with Crippen molar-refractivity contribution < 1.29 is 9.53 Å². The Morgan fingerprint density at radius 2 is 2.13 bits per heavy atom. The highest BCUT2D eigenvalue weighted by atomic mass is 16.5. The van der Waals surface area contributed by atoms with E-state index >= 15 is 0 Å². The largest absolute Gasteiger partial charge is 0.374 e. The topological polar surface area (TPSA) is 68.2 Å². The number of anilines is 1. The summed E-state index contributed by atoms with van der Waals surface area (Å²) in [5, 5.41) is 6.29. The average molecular weight is 312 g/mol. The minimum Gasteiger partial charge on any atom is -0.374 e. The first-order valence-corrected chi connectivity index (χ1v) is 7.92. The van der Waals surface area contributed by atoms with Crippen LogP contribution in [0.25, 0.3) is 5.69 Å². The van der Waals surface area contributed by atoms with Gasteiger partial charge in [-0.2, -0.15) is 0 Å². The smallest absolute Gasteiger partial charge is 0.231 e. The average Bonchev–Trinajstić information content (AvgIpc) is 3.21.